The first kappa shape index (κ1) is 20.2. The lowest BCUT2D eigenvalue weighted by atomic mass is 10.2. The summed E-state index contributed by atoms with van der Waals surface area (Å²) in [7, 11) is -7.60. The number of nitrogens with one attached hydrogen (secondary N) is 2. The largest absolute Gasteiger partial charge is 0.280 e. The molecule has 0 aliphatic rings. The molecule has 0 fully saturated rings. The Kier molecular flexibility index (Phi) is 5.64. The first-order chi connectivity index (χ1) is 13.2. The van der Waals surface area contributed by atoms with Crippen molar-refractivity contribution in [2.45, 2.75) is 16.7 Å². The summed E-state index contributed by atoms with van der Waals surface area (Å²) in [4.78, 5) is 0.0695. The monoisotopic (exact) mass is 436 g/mol. The van der Waals surface area contributed by atoms with Gasteiger partial charge in [-0.05, 0) is 67.1 Å². The Bertz CT molecular complexity index is 1190. The third kappa shape index (κ3) is 4.64. The molecular formula is C19H17ClN2O4S2. The molecule has 6 nitrogen and oxygen atoms in total. The normalized spacial score (nSPS) is 11.8. The zero-order chi connectivity index (χ0) is 20.4. The summed E-state index contributed by atoms with van der Waals surface area (Å²) in [6, 6.07) is 18.2. The van der Waals surface area contributed by atoms with Crippen molar-refractivity contribution in [1.29, 1.82) is 0 Å². The van der Waals surface area contributed by atoms with E-state index in [1.165, 1.54) is 48.5 Å². The lowest BCUT2D eigenvalue weighted by molar-refractivity contribution is 0.600. The first-order valence-electron chi connectivity index (χ1n) is 8.14. The van der Waals surface area contributed by atoms with Crippen molar-refractivity contribution in [3.05, 3.63) is 83.4 Å². The van der Waals surface area contributed by atoms with Gasteiger partial charge >= 0.3 is 0 Å². The first-order valence-corrected chi connectivity index (χ1v) is 11.5. The Morgan fingerprint density at radius 2 is 1.18 bits per heavy atom. The maximum Gasteiger partial charge on any atom is 0.261 e. The molecule has 3 rings (SSSR count). The number of aryl methyl sites for hydroxylation is 1. The quantitative estimate of drug-likeness (QED) is 0.604. The van der Waals surface area contributed by atoms with Crippen LogP contribution >= 0.6 is 11.6 Å². The molecule has 2 N–H and O–H groups in total. The third-order valence-corrected chi connectivity index (χ3v) is 6.96. The minimum atomic E-state index is -3.81. The molecule has 0 saturated carbocycles. The summed E-state index contributed by atoms with van der Waals surface area (Å²) in [5.41, 5.74) is 1.51. The van der Waals surface area contributed by atoms with Gasteiger partial charge in [0, 0.05) is 10.7 Å². The molecule has 0 aliphatic heterocycles. The number of benzene rings is 3. The van der Waals surface area contributed by atoms with Gasteiger partial charge in [-0.25, -0.2) is 16.8 Å². The van der Waals surface area contributed by atoms with Crippen LogP contribution in [0.15, 0.2) is 82.6 Å². The van der Waals surface area contributed by atoms with Crippen LogP contribution in [0.5, 0.6) is 0 Å². The maximum atomic E-state index is 12.5. The molecule has 0 radical (unpaired) electrons. The van der Waals surface area contributed by atoms with Gasteiger partial charge in [-0.3, -0.25) is 9.44 Å². The zero-order valence-corrected chi connectivity index (χ0v) is 17.1. The van der Waals surface area contributed by atoms with Crippen molar-refractivity contribution < 1.29 is 16.8 Å². The van der Waals surface area contributed by atoms with E-state index in [4.69, 9.17) is 11.6 Å². The lowest BCUT2D eigenvalue weighted by Crippen LogP contribution is -2.15. The highest BCUT2D eigenvalue weighted by Crippen LogP contribution is 2.22. The van der Waals surface area contributed by atoms with E-state index in [-0.39, 0.29) is 15.5 Å². The van der Waals surface area contributed by atoms with Crippen molar-refractivity contribution in [1.82, 2.24) is 0 Å². The number of sulfonamides is 2. The van der Waals surface area contributed by atoms with Crippen LogP contribution in [0.1, 0.15) is 5.56 Å². The average Bonchev–Trinajstić information content (AvgIpc) is 2.64. The molecule has 0 unspecified atom stereocenters. The molecular weight excluding hydrogens is 420 g/mol. The van der Waals surface area contributed by atoms with E-state index in [0.717, 1.165) is 5.56 Å². The Morgan fingerprint density at radius 3 is 1.75 bits per heavy atom. The summed E-state index contributed by atoms with van der Waals surface area (Å²) in [6.45, 7) is 1.80. The molecule has 0 aliphatic carbocycles. The van der Waals surface area contributed by atoms with Gasteiger partial charge in [0.15, 0.2) is 0 Å². The molecule has 0 spiro atoms. The van der Waals surface area contributed by atoms with Crippen molar-refractivity contribution in [3.8, 4) is 0 Å². The molecule has 9 heteroatoms. The highest BCUT2D eigenvalue weighted by Gasteiger charge is 2.17. The van der Waals surface area contributed by atoms with Gasteiger partial charge in [0.25, 0.3) is 20.0 Å². The minimum Gasteiger partial charge on any atom is -0.280 e. The fraction of sp³-hybridized carbons (Fsp3) is 0.0526. The van der Waals surface area contributed by atoms with Crippen LogP contribution in [-0.2, 0) is 20.0 Å². The summed E-state index contributed by atoms with van der Waals surface area (Å²) < 4.78 is 54.8. The van der Waals surface area contributed by atoms with Gasteiger partial charge in [0.2, 0.25) is 0 Å². The molecule has 3 aromatic rings. The van der Waals surface area contributed by atoms with Crippen molar-refractivity contribution in [2.24, 2.45) is 0 Å². The Balaban J connectivity index is 1.79. The van der Waals surface area contributed by atoms with Crippen LogP contribution in [0.3, 0.4) is 0 Å². The molecule has 0 amide bonds. The van der Waals surface area contributed by atoms with Crippen LogP contribution in [0.4, 0.5) is 11.4 Å². The van der Waals surface area contributed by atoms with Crippen molar-refractivity contribution in [3.63, 3.8) is 0 Å². The smallest absolute Gasteiger partial charge is 0.261 e. The number of hydrogen-bond acceptors (Lipinski definition) is 4. The third-order valence-electron chi connectivity index (χ3n) is 3.93. The fourth-order valence-corrected chi connectivity index (χ4v) is 4.74. The number of halogens is 1. The van der Waals surface area contributed by atoms with E-state index in [2.05, 4.69) is 9.44 Å². The number of hydrogen-bond donors (Lipinski definition) is 2. The minimum absolute atomic E-state index is 0.0187. The number of para-hydroxylation sites is 1. The average molecular weight is 437 g/mol. The van der Waals surface area contributed by atoms with Crippen LogP contribution in [0.2, 0.25) is 5.02 Å². The second kappa shape index (κ2) is 7.83. The molecule has 0 bridgehead atoms. The van der Waals surface area contributed by atoms with E-state index in [9.17, 15) is 16.8 Å². The molecule has 146 valence electrons. The predicted molar refractivity (Wildman–Crippen MR) is 111 cm³/mol. The van der Waals surface area contributed by atoms with E-state index < -0.39 is 20.0 Å². The molecule has 0 heterocycles. The van der Waals surface area contributed by atoms with Gasteiger partial charge in [0.1, 0.15) is 0 Å². The second-order valence-electron chi connectivity index (χ2n) is 6.00. The van der Waals surface area contributed by atoms with E-state index >= 15 is 0 Å². The standard InChI is InChI=1S/C19H17ClN2O4S2/c1-14-4-2-3-5-19(14)22-28(25,26)18-12-8-16(9-13-18)21-27(23,24)17-10-6-15(20)7-11-17/h2-13,21-22H,1H3. The molecule has 0 saturated heterocycles. The Labute approximate surface area is 169 Å². The molecule has 0 aromatic heterocycles. The van der Waals surface area contributed by atoms with Gasteiger partial charge in [-0.2, -0.15) is 0 Å². The predicted octanol–water partition coefficient (Wildman–Crippen LogP) is 4.25. The highest BCUT2D eigenvalue weighted by atomic mass is 35.5. The fourth-order valence-electron chi connectivity index (χ4n) is 2.42. The maximum absolute atomic E-state index is 12.5. The van der Waals surface area contributed by atoms with Gasteiger partial charge < -0.3 is 0 Å². The van der Waals surface area contributed by atoms with Crippen LogP contribution < -0.4 is 9.44 Å². The molecule has 28 heavy (non-hydrogen) atoms. The van der Waals surface area contributed by atoms with Crippen molar-refractivity contribution in [2.75, 3.05) is 9.44 Å². The highest BCUT2D eigenvalue weighted by molar-refractivity contribution is 7.93. The molecule has 0 atom stereocenters. The summed E-state index contributed by atoms with van der Waals surface area (Å²) in [5, 5.41) is 0.426. The zero-order valence-electron chi connectivity index (χ0n) is 14.8. The molecule has 3 aromatic carbocycles. The second-order valence-corrected chi connectivity index (χ2v) is 9.81. The topological polar surface area (TPSA) is 92.3 Å². The van der Waals surface area contributed by atoms with E-state index in [1.54, 1.807) is 25.1 Å². The Hall–Kier alpha value is -2.55. The SMILES string of the molecule is Cc1ccccc1NS(=O)(=O)c1ccc(NS(=O)(=O)c2ccc(Cl)cc2)cc1. The van der Waals surface area contributed by atoms with Crippen LogP contribution in [0, 0.1) is 6.92 Å². The number of rotatable bonds is 6. The summed E-state index contributed by atoms with van der Waals surface area (Å²) in [5.74, 6) is 0. The van der Waals surface area contributed by atoms with Gasteiger partial charge in [0.05, 0.1) is 15.5 Å². The van der Waals surface area contributed by atoms with E-state index in [0.29, 0.717) is 10.7 Å². The number of anilines is 2. The van der Waals surface area contributed by atoms with E-state index in [1.807, 2.05) is 6.07 Å². The Morgan fingerprint density at radius 1 is 0.679 bits per heavy atom. The summed E-state index contributed by atoms with van der Waals surface area (Å²) in [6.07, 6.45) is 0. The van der Waals surface area contributed by atoms with Crippen molar-refractivity contribution >= 4 is 43.0 Å². The van der Waals surface area contributed by atoms with Gasteiger partial charge in [-0.1, -0.05) is 29.8 Å². The lowest BCUT2D eigenvalue weighted by Gasteiger charge is -2.12. The van der Waals surface area contributed by atoms with Crippen LogP contribution in [-0.4, -0.2) is 16.8 Å². The van der Waals surface area contributed by atoms with Gasteiger partial charge in [-0.15, -0.1) is 0 Å². The van der Waals surface area contributed by atoms with Crippen LogP contribution in [0.25, 0.3) is 0 Å². The summed E-state index contributed by atoms with van der Waals surface area (Å²) >= 11 is 5.77.